The lowest BCUT2D eigenvalue weighted by Crippen LogP contribution is -2.34. The first-order valence-corrected chi connectivity index (χ1v) is 7.74. The van der Waals surface area contributed by atoms with E-state index >= 15 is 0 Å². The van der Waals surface area contributed by atoms with Crippen LogP contribution < -0.4 is 16.2 Å². The second-order valence-corrected chi connectivity index (χ2v) is 5.52. The molecule has 0 bridgehead atoms. The number of nitrogens with one attached hydrogen (secondary N) is 1. The second kappa shape index (κ2) is 5.59. The first kappa shape index (κ1) is 14.6. The summed E-state index contributed by atoms with van der Waals surface area (Å²) < 4.78 is 1.49. The highest BCUT2D eigenvalue weighted by molar-refractivity contribution is 6.18. The molecule has 0 saturated heterocycles. The van der Waals surface area contributed by atoms with Gasteiger partial charge in [0, 0.05) is 19.0 Å². The van der Waals surface area contributed by atoms with Crippen LogP contribution in [0, 0.1) is 11.3 Å². The average molecular weight is 342 g/mol. The molecule has 0 spiro atoms. The zero-order valence-corrected chi connectivity index (χ0v) is 13.2. The number of halogens is 1. The number of aromatic nitrogens is 5. The van der Waals surface area contributed by atoms with Crippen molar-refractivity contribution in [1.82, 2.24) is 30.0 Å². The van der Waals surface area contributed by atoms with Gasteiger partial charge in [-0.05, 0) is 12.1 Å². The maximum atomic E-state index is 8.99. The molecule has 0 radical (unpaired) electrons. The highest BCUT2D eigenvalue weighted by Gasteiger charge is 2.26. The number of fused-ring (bicyclic) bond motifs is 3. The second-order valence-electron chi connectivity index (χ2n) is 5.14. The topological polar surface area (TPSA) is 121 Å². The fourth-order valence-electron chi connectivity index (χ4n) is 2.62. The number of anilines is 2. The van der Waals surface area contributed by atoms with Crippen molar-refractivity contribution in [3.63, 3.8) is 0 Å². The molecule has 0 aromatic carbocycles. The maximum Gasteiger partial charge on any atom is 0.225 e. The summed E-state index contributed by atoms with van der Waals surface area (Å²) in [7, 11) is 0. The van der Waals surface area contributed by atoms with E-state index in [1.807, 2.05) is 11.1 Å². The van der Waals surface area contributed by atoms with E-state index in [0.717, 1.165) is 5.56 Å². The summed E-state index contributed by atoms with van der Waals surface area (Å²) in [5.41, 5.74) is 11.5. The molecule has 4 heterocycles. The van der Waals surface area contributed by atoms with Crippen molar-refractivity contribution in [3.05, 3.63) is 29.5 Å². The lowest BCUT2D eigenvalue weighted by atomic mass is 10.3. The minimum Gasteiger partial charge on any atom is -0.368 e. The van der Waals surface area contributed by atoms with Gasteiger partial charge in [0.1, 0.15) is 17.5 Å². The molecule has 4 rings (SSSR count). The lowest BCUT2D eigenvalue weighted by molar-refractivity contribution is 0.685. The zero-order chi connectivity index (χ0) is 16.7. The summed E-state index contributed by atoms with van der Waals surface area (Å²) in [4.78, 5) is 13.2. The molecule has 0 aliphatic carbocycles. The van der Waals surface area contributed by atoms with Gasteiger partial charge in [-0.2, -0.15) is 14.8 Å². The summed E-state index contributed by atoms with van der Waals surface area (Å²) >= 11 is 5.81. The van der Waals surface area contributed by atoms with E-state index in [4.69, 9.17) is 22.6 Å². The van der Waals surface area contributed by atoms with E-state index < -0.39 is 0 Å². The smallest absolute Gasteiger partial charge is 0.225 e. The molecule has 1 aliphatic rings. The summed E-state index contributed by atoms with van der Waals surface area (Å²) in [5, 5.41) is 15.2. The van der Waals surface area contributed by atoms with Crippen molar-refractivity contribution in [2.45, 2.75) is 6.54 Å². The molecule has 10 heteroatoms. The van der Waals surface area contributed by atoms with Crippen molar-refractivity contribution >= 4 is 29.0 Å². The van der Waals surface area contributed by atoms with Crippen molar-refractivity contribution in [1.29, 1.82) is 5.26 Å². The van der Waals surface area contributed by atoms with Crippen LogP contribution in [-0.2, 0) is 6.54 Å². The number of hydrogen-bond acceptors (Lipinski definition) is 8. The molecule has 24 heavy (non-hydrogen) atoms. The molecule has 0 saturated carbocycles. The number of rotatable bonds is 3. The Balaban J connectivity index is 1.87. The largest absolute Gasteiger partial charge is 0.368 e. The normalized spacial score (nSPS) is 13.2. The van der Waals surface area contributed by atoms with Crippen LogP contribution in [-0.4, -0.2) is 37.0 Å². The fourth-order valence-corrected chi connectivity index (χ4v) is 2.79. The Hall–Kier alpha value is -2.96. The average Bonchev–Trinajstić information content (AvgIpc) is 3.21. The number of nitriles is 1. The Morgan fingerprint density at radius 2 is 2.21 bits per heavy atom. The van der Waals surface area contributed by atoms with Crippen LogP contribution >= 0.6 is 11.6 Å². The van der Waals surface area contributed by atoms with Crippen LogP contribution in [0.2, 0.25) is 0 Å². The highest BCUT2D eigenvalue weighted by atomic mass is 35.5. The Morgan fingerprint density at radius 1 is 1.33 bits per heavy atom. The predicted octanol–water partition coefficient (Wildman–Crippen LogP) is 0.704. The summed E-state index contributed by atoms with van der Waals surface area (Å²) in [6.07, 6.45) is 0. The highest BCUT2D eigenvalue weighted by Crippen LogP contribution is 2.28. The van der Waals surface area contributed by atoms with Crippen molar-refractivity contribution in [2.75, 3.05) is 23.2 Å². The molecule has 0 atom stereocenters. The quantitative estimate of drug-likeness (QED) is 0.668. The molecule has 3 aromatic rings. The number of hydrogen-bond donors (Lipinski definition) is 2. The van der Waals surface area contributed by atoms with Crippen LogP contribution in [0.5, 0.6) is 0 Å². The van der Waals surface area contributed by atoms with Gasteiger partial charge in [-0.15, -0.1) is 16.7 Å². The third kappa shape index (κ3) is 2.20. The van der Waals surface area contributed by atoms with E-state index in [-0.39, 0.29) is 5.95 Å². The van der Waals surface area contributed by atoms with Crippen LogP contribution in [0.3, 0.4) is 0 Å². The number of nitrogen functional groups attached to an aromatic ring is 1. The Bertz CT molecular complexity index is 974. The molecule has 0 unspecified atom stereocenters. The molecule has 0 amide bonds. The van der Waals surface area contributed by atoms with Crippen molar-refractivity contribution in [3.8, 4) is 17.6 Å². The summed E-state index contributed by atoms with van der Waals surface area (Å²) in [5.74, 6) is 1.78. The first-order chi connectivity index (χ1) is 11.7. The molecular formula is C14H12ClN9. The van der Waals surface area contributed by atoms with Gasteiger partial charge in [0.05, 0.1) is 5.56 Å². The Morgan fingerprint density at radius 3 is 3.00 bits per heavy atom. The number of alkyl halides is 1. The number of pyridine rings is 1. The third-order valence-corrected chi connectivity index (χ3v) is 3.86. The van der Waals surface area contributed by atoms with Crippen LogP contribution in [0.4, 0.5) is 11.8 Å². The summed E-state index contributed by atoms with van der Waals surface area (Å²) in [6.45, 7) is 1.16. The molecule has 3 aromatic heterocycles. The number of hydrazine groups is 1. The summed E-state index contributed by atoms with van der Waals surface area (Å²) in [6, 6.07) is 7.12. The predicted molar refractivity (Wildman–Crippen MR) is 88.0 cm³/mol. The number of nitrogens with two attached hydrogens (primary N) is 1. The fraction of sp³-hybridized carbons (Fsp3) is 0.214. The minimum absolute atomic E-state index is 0.224. The van der Waals surface area contributed by atoms with Gasteiger partial charge in [-0.1, -0.05) is 6.07 Å². The first-order valence-electron chi connectivity index (χ1n) is 7.21. The van der Waals surface area contributed by atoms with Crippen LogP contribution in [0.1, 0.15) is 11.3 Å². The van der Waals surface area contributed by atoms with E-state index in [0.29, 0.717) is 47.6 Å². The molecule has 120 valence electrons. The molecule has 3 N–H and O–H groups in total. The van der Waals surface area contributed by atoms with Gasteiger partial charge in [-0.3, -0.25) is 5.01 Å². The molecule has 1 aliphatic heterocycles. The Labute approximate surface area is 141 Å². The number of nitrogens with zero attached hydrogens (tertiary/aromatic N) is 7. The molecular weight excluding hydrogens is 330 g/mol. The maximum absolute atomic E-state index is 8.99. The van der Waals surface area contributed by atoms with Crippen molar-refractivity contribution in [2.24, 2.45) is 0 Å². The van der Waals surface area contributed by atoms with E-state index in [2.05, 4.69) is 25.5 Å². The van der Waals surface area contributed by atoms with Gasteiger partial charge in [0.25, 0.3) is 0 Å². The van der Waals surface area contributed by atoms with Gasteiger partial charge < -0.3 is 5.73 Å². The van der Waals surface area contributed by atoms with E-state index in [1.165, 1.54) is 4.52 Å². The molecule has 0 fully saturated rings. The lowest BCUT2D eigenvalue weighted by Gasteiger charge is -2.16. The van der Waals surface area contributed by atoms with Crippen LogP contribution in [0.15, 0.2) is 18.2 Å². The van der Waals surface area contributed by atoms with Gasteiger partial charge >= 0.3 is 0 Å². The monoisotopic (exact) mass is 341 g/mol. The van der Waals surface area contributed by atoms with Crippen molar-refractivity contribution < 1.29 is 0 Å². The third-order valence-electron chi connectivity index (χ3n) is 3.69. The van der Waals surface area contributed by atoms with Gasteiger partial charge in [0.15, 0.2) is 11.5 Å². The minimum atomic E-state index is 0.224. The van der Waals surface area contributed by atoms with Gasteiger partial charge in [0.2, 0.25) is 11.8 Å². The van der Waals surface area contributed by atoms with Gasteiger partial charge in [-0.25, -0.2) is 15.4 Å². The van der Waals surface area contributed by atoms with E-state index in [1.54, 1.807) is 18.2 Å². The molecule has 9 nitrogen and oxygen atoms in total. The zero-order valence-electron chi connectivity index (χ0n) is 12.4. The standard InChI is InChI=1S/C14H12ClN9/c15-4-5-23-12-9(7-18-23)13-20-11(22-24(13)14(17)21-12)10-3-1-2-8(6-16)19-10/h1-3,18H,4-5,7H2,(H2,17,21). The van der Waals surface area contributed by atoms with E-state index in [9.17, 15) is 0 Å². The SMILES string of the molecule is N#Cc1cccc(-c2nc3c4c(nc(N)n3n2)N(CCCl)NC4)n1. The Kier molecular flexibility index (Phi) is 3.41. The van der Waals surface area contributed by atoms with Crippen LogP contribution in [0.25, 0.3) is 17.2 Å².